The van der Waals surface area contributed by atoms with E-state index in [9.17, 15) is 19.2 Å². The van der Waals surface area contributed by atoms with Crippen LogP contribution in [-0.2, 0) is 19.1 Å². The van der Waals surface area contributed by atoms with E-state index in [-0.39, 0.29) is 24.5 Å². The number of alkyl carbamates (subject to hydrolysis) is 1. The molecule has 9 heteroatoms. The summed E-state index contributed by atoms with van der Waals surface area (Å²) in [4.78, 5) is 42.7. The Morgan fingerprint density at radius 3 is 2.61 bits per heavy atom. The van der Waals surface area contributed by atoms with Crippen LogP contribution in [0.2, 0.25) is 0 Å². The Morgan fingerprint density at radius 2 is 2.11 bits per heavy atom. The third kappa shape index (κ3) is 7.49. The Morgan fingerprint density at radius 1 is 1.44 bits per heavy atom. The van der Waals surface area contributed by atoms with Crippen LogP contribution >= 0.6 is 11.8 Å². The van der Waals surface area contributed by atoms with Gasteiger partial charge in [-0.25, -0.2) is 9.59 Å². The van der Waals surface area contributed by atoms with Gasteiger partial charge >= 0.3 is 12.1 Å². The molecule has 0 aliphatic carbocycles. The number of amides is 3. The number of hydrogen-bond acceptors (Lipinski definition) is 6. The number of carboxylic acids is 1. The van der Waals surface area contributed by atoms with E-state index in [1.165, 1.54) is 0 Å². The van der Waals surface area contributed by atoms with Crippen LogP contribution in [0.5, 0.6) is 0 Å². The minimum atomic E-state index is -1.19. The van der Waals surface area contributed by atoms with Crippen LogP contribution in [0.15, 0.2) is 0 Å². The minimum Gasteiger partial charge on any atom is -0.480 e. The predicted molar refractivity (Wildman–Crippen MR) is 63.1 cm³/mol. The lowest BCUT2D eigenvalue weighted by molar-refractivity contribution is -0.139. The summed E-state index contributed by atoms with van der Waals surface area (Å²) < 4.78 is 4.48. The van der Waals surface area contributed by atoms with Crippen molar-refractivity contribution < 1.29 is 29.0 Å². The van der Waals surface area contributed by atoms with Gasteiger partial charge in [-0.15, -0.1) is 11.8 Å². The van der Waals surface area contributed by atoms with Gasteiger partial charge in [-0.05, 0) is 6.92 Å². The third-order valence-corrected chi connectivity index (χ3v) is 2.64. The van der Waals surface area contributed by atoms with Crippen molar-refractivity contribution >= 4 is 36.1 Å². The number of rotatable bonds is 8. The number of carboxylic acid groups (broad SMARTS) is 1. The van der Waals surface area contributed by atoms with Crippen molar-refractivity contribution in [3.05, 3.63) is 0 Å². The summed E-state index contributed by atoms with van der Waals surface area (Å²) in [7, 11) is 0. The van der Waals surface area contributed by atoms with Crippen molar-refractivity contribution in [2.24, 2.45) is 0 Å². The molecule has 3 amide bonds. The van der Waals surface area contributed by atoms with E-state index >= 15 is 0 Å². The van der Waals surface area contributed by atoms with Crippen molar-refractivity contribution in [1.29, 1.82) is 0 Å². The molecule has 0 saturated carbocycles. The lowest BCUT2D eigenvalue weighted by Crippen LogP contribution is -2.38. The number of hydrogen-bond donors (Lipinski definition) is 3. The SMILES string of the molecule is CCOC(=O)NC(=O)CSCC(NC=O)C(=O)O. The van der Waals surface area contributed by atoms with Gasteiger partial charge in [0.25, 0.3) is 0 Å². The second kappa shape index (κ2) is 9.28. The van der Waals surface area contributed by atoms with Crippen LogP contribution in [-0.4, -0.2) is 53.6 Å². The summed E-state index contributed by atoms with van der Waals surface area (Å²) in [5.74, 6) is -1.87. The first-order valence-electron chi connectivity index (χ1n) is 4.98. The summed E-state index contributed by atoms with van der Waals surface area (Å²) in [6, 6.07) is -1.07. The number of imide groups is 1. The zero-order valence-electron chi connectivity index (χ0n) is 9.67. The lowest BCUT2D eigenvalue weighted by atomic mass is 10.3. The number of thioether (sulfide) groups is 1. The number of aliphatic carboxylic acids is 1. The van der Waals surface area contributed by atoms with E-state index in [0.29, 0.717) is 0 Å². The molecule has 1 unspecified atom stereocenters. The monoisotopic (exact) mass is 278 g/mol. The average Bonchev–Trinajstić information content (AvgIpc) is 2.27. The smallest absolute Gasteiger partial charge is 0.413 e. The maximum Gasteiger partial charge on any atom is 0.413 e. The zero-order valence-corrected chi connectivity index (χ0v) is 10.5. The molecule has 0 aromatic rings. The summed E-state index contributed by atoms with van der Waals surface area (Å²) in [6.45, 7) is 1.75. The predicted octanol–water partition coefficient (Wildman–Crippen LogP) is -0.808. The molecule has 0 heterocycles. The molecule has 18 heavy (non-hydrogen) atoms. The largest absolute Gasteiger partial charge is 0.480 e. The van der Waals surface area contributed by atoms with E-state index in [0.717, 1.165) is 11.8 Å². The first kappa shape index (κ1) is 16.2. The van der Waals surface area contributed by atoms with E-state index in [4.69, 9.17) is 5.11 Å². The van der Waals surface area contributed by atoms with Gasteiger partial charge in [-0.3, -0.25) is 14.9 Å². The topological polar surface area (TPSA) is 122 Å². The Balaban J connectivity index is 3.88. The molecule has 0 radical (unpaired) electrons. The first-order chi connectivity index (χ1) is 8.51. The first-order valence-corrected chi connectivity index (χ1v) is 6.13. The second-order valence-corrected chi connectivity index (χ2v) is 3.99. The normalized spacial score (nSPS) is 11.2. The fraction of sp³-hybridized carbons (Fsp3) is 0.556. The Labute approximate surface area is 107 Å². The number of carbonyl (C=O) groups excluding carboxylic acids is 3. The molecule has 0 aromatic carbocycles. The van der Waals surface area contributed by atoms with Crippen molar-refractivity contribution in [1.82, 2.24) is 10.6 Å². The molecule has 8 nitrogen and oxygen atoms in total. The Kier molecular flexibility index (Phi) is 8.37. The highest BCUT2D eigenvalue weighted by molar-refractivity contribution is 8.00. The molecule has 0 aromatic heterocycles. The van der Waals surface area contributed by atoms with Crippen LogP contribution < -0.4 is 10.6 Å². The van der Waals surface area contributed by atoms with Gasteiger partial charge < -0.3 is 15.2 Å². The standard InChI is InChI=1S/C9H14N2O6S/c1-2-17-9(16)11-7(13)4-18-3-6(8(14)15)10-5-12/h5-6H,2-4H2,1H3,(H,10,12)(H,14,15)(H,11,13,16). The summed E-state index contributed by atoms with van der Waals surface area (Å²) >= 11 is 0.976. The Bertz CT molecular complexity index is 322. The fourth-order valence-electron chi connectivity index (χ4n) is 0.859. The molecule has 0 aliphatic rings. The van der Waals surface area contributed by atoms with Crippen LogP contribution in [0.4, 0.5) is 4.79 Å². The molecule has 0 rings (SSSR count). The van der Waals surface area contributed by atoms with Gasteiger partial charge in [0.05, 0.1) is 12.4 Å². The molecule has 102 valence electrons. The van der Waals surface area contributed by atoms with Crippen molar-refractivity contribution in [3.8, 4) is 0 Å². The number of carbonyl (C=O) groups is 4. The summed E-state index contributed by atoms with van der Waals surface area (Å²) in [5, 5.41) is 12.7. The van der Waals surface area contributed by atoms with Crippen molar-refractivity contribution in [2.75, 3.05) is 18.1 Å². The van der Waals surface area contributed by atoms with E-state index in [1.54, 1.807) is 6.92 Å². The third-order valence-electron chi connectivity index (χ3n) is 1.60. The summed E-state index contributed by atoms with van der Waals surface area (Å²) in [6.07, 6.45) is -0.568. The minimum absolute atomic E-state index is 0.0182. The number of nitrogens with one attached hydrogen (secondary N) is 2. The molecular formula is C9H14N2O6S. The van der Waals surface area contributed by atoms with Gasteiger partial charge in [-0.2, -0.15) is 0 Å². The highest BCUT2D eigenvalue weighted by atomic mass is 32.2. The second-order valence-electron chi connectivity index (χ2n) is 2.96. The number of ether oxygens (including phenoxy) is 1. The van der Waals surface area contributed by atoms with Crippen LogP contribution in [0.3, 0.4) is 0 Å². The maximum atomic E-state index is 11.2. The summed E-state index contributed by atoms with van der Waals surface area (Å²) in [5.41, 5.74) is 0. The molecule has 0 fully saturated rings. The van der Waals surface area contributed by atoms with Gasteiger partial charge in [0.1, 0.15) is 6.04 Å². The highest BCUT2D eigenvalue weighted by Gasteiger charge is 2.17. The molecule has 0 aliphatic heterocycles. The molecule has 3 N–H and O–H groups in total. The van der Waals surface area contributed by atoms with Crippen LogP contribution in [0.25, 0.3) is 0 Å². The lowest BCUT2D eigenvalue weighted by Gasteiger charge is -2.10. The highest BCUT2D eigenvalue weighted by Crippen LogP contribution is 2.02. The van der Waals surface area contributed by atoms with Crippen molar-refractivity contribution in [2.45, 2.75) is 13.0 Å². The van der Waals surface area contributed by atoms with Gasteiger partial charge in [0, 0.05) is 5.75 Å². The fourth-order valence-corrected chi connectivity index (χ4v) is 1.71. The Hall–Kier alpha value is -1.77. The van der Waals surface area contributed by atoms with Crippen LogP contribution in [0.1, 0.15) is 6.92 Å². The van der Waals surface area contributed by atoms with E-state index in [2.05, 4.69) is 10.1 Å². The van der Waals surface area contributed by atoms with Gasteiger partial charge in [0.2, 0.25) is 12.3 Å². The zero-order chi connectivity index (χ0) is 14.0. The van der Waals surface area contributed by atoms with Gasteiger partial charge in [-0.1, -0.05) is 0 Å². The quantitative estimate of drug-likeness (QED) is 0.496. The molecular weight excluding hydrogens is 264 g/mol. The average molecular weight is 278 g/mol. The van der Waals surface area contributed by atoms with Crippen LogP contribution in [0, 0.1) is 0 Å². The van der Waals surface area contributed by atoms with Gasteiger partial charge in [0.15, 0.2) is 0 Å². The molecule has 0 saturated heterocycles. The molecule has 0 spiro atoms. The maximum absolute atomic E-state index is 11.2. The van der Waals surface area contributed by atoms with E-state index in [1.807, 2.05) is 5.32 Å². The van der Waals surface area contributed by atoms with Crippen molar-refractivity contribution in [3.63, 3.8) is 0 Å². The molecule has 0 bridgehead atoms. The van der Waals surface area contributed by atoms with E-state index < -0.39 is 24.0 Å². The molecule has 1 atom stereocenters.